The van der Waals surface area contributed by atoms with E-state index in [1.165, 1.54) is 24.3 Å². The molecule has 0 N–H and O–H groups in total. The van der Waals surface area contributed by atoms with E-state index in [1.54, 1.807) is 13.0 Å². The Morgan fingerprint density at radius 3 is 2.25 bits per heavy atom. The van der Waals surface area contributed by atoms with Gasteiger partial charge in [0.15, 0.2) is 0 Å². The van der Waals surface area contributed by atoms with Crippen LogP contribution >= 0.6 is 0 Å². The third-order valence-corrected chi connectivity index (χ3v) is 2.83. The summed E-state index contributed by atoms with van der Waals surface area (Å²) in [6.45, 7) is 1.85. The van der Waals surface area contributed by atoms with Crippen LogP contribution in [0, 0.1) is 12.7 Å². The normalized spacial score (nSPS) is 11.4. The summed E-state index contributed by atoms with van der Waals surface area (Å²) in [4.78, 5) is 0. The van der Waals surface area contributed by atoms with E-state index in [0.717, 1.165) is 17.7 Å². The molecule has 0 fully saturated rings. The van der Waals surface area contributed by atoms with Crippen LogP contribution in [0.1, 0.15) is 16.7 Å². The van der Waals surface area contributed by atoms with Crippen molar-refractivity contribution < 1.29 is 22.3 Å². The summed E-state index contributed by atoms with van der Waals surface area (Å²) < 4.78 is 55.6. The first-order chi connectivity index (χ1) is 9.36. The average molecular weight is 284 g/mol. The lowest BCUT2D eigenvalue weighted by atomic mass is 10.1. The maximum absolute atomic E-state index is 13.1. The maximum Gasteiger partial charge on any atom is 0.416 e. The summed E-state index contributed by atoms with van der Waals surface area (Å²) in [5.41, 5.74) is 0.642. The predicted molar refractivity (Wildman–Crippen MR) is 66.9 cm³/mol. The Morgan fingerprint density at radius 1 is 1.00 bits per heavy atom. The smallest absolute Gasteiger partial charge is 0.416 e. The zero-order chi connectivity index (χ0) is 14.8. The number of rotatable bonds is 3. The summed E-state index contributed by atoms with van der Waals surface area (Å²) in [5, 5.41) is 0. The Labute approximate surface area is 113 Å². The molecule has 0 aliphatic heterocycles. The lowest BCUT2D eigenvalue weighted by molar-refractivity contribution is -0.137. The summed E-state index contributed by atoms with van der Waals surface area (Å²) >= 11 is 0. The number of ether oxygens (including phenoxy) is 1. The van der Waals surface area contributed by atoms with Gasteiger partial charge in [-0.15, -0.1) is 0 Å². The number of hydrogen-bond acceptors (Lipinski definition) is 1. The molecule has 0 aliphatic rings. The molecule has 106 valence electrons. The third-order valence-electron chi connectivity index (χ3n) is 2.83. The molecule has 0 saturated carbocycles. The lowest BCUT2D eigenvalue weighted by Crippen LogP contribution is -2.05. The van der Waals surface area contributed by atoms with Gasteiger partial charge in [-0.2, -0.15) is 13.2 Å². The fourth-order valence-electron chi connectivity index (χ4n) is 1.68. The molecule has 2 rings (SSSR count). The van der Waals surface area contributed by atoms with Crippen molar-refractivity contribution in [3.05, 3.63) is 65.0 Å². The van der Waals surface area contributed by atoms with E-state index >= 15 is 0 Å². The number of alkyl halides is 3. The SMILES string of the molecule is Cc1ccc(F)cc1OCc1ccc(C(F)(F)F)cc1. The first kappa shape index (κ1) is 14.4. The van der Waals surface area contributed by atoms with Crippen LogP contribution in [0.15, 0.2) is 42.5 Å². The van der Waals surface area contributed by atoms with Crippen molar-refractivity contribution in [2.75, 3.05) is 0 Å². The molecule has 5 heteroatoms. The second-order valence-corrected chi connectivity index (χ2v) is 4.39. The summed E-state index contributed by atoms with van der Waals surface area (Å²) in [5.74, 6) is -0.0390. The van der Waals surface area contributed by atoms with Gasteiger partial charge >= 0.3 is 6.18 Å². The highest BCUT2D eigenvalue weighted by Gasteiger charge is 2.29. The van der Waals surface area contributed by atoms with Crippen LogP contribution in [-0.4, -0.2) is 0 Å². The number of aryl methyl sites for hydroxylation is 1. The van der Waals surface area contributed by atoms with Gasteiger partial charge in [-0.05, 0) is 36.2 Å². The molecule has 0 saturated heterocycles. The fraction of sp³-hybridized carbons (Fsp3) is 0.200. The molecule has 0 radical (unpaired) electrons. The molecule has 0 aromatic heterocycles. The zero-order valence-electron chi connectivity index (χ0n) is 10.7. The topological polar surface area (TPSA) is 9.23 Å². The van der Waals surface area contributed by atoms with Gasteiger partial charge in [-0.3, -0.25) is 0 Å². The van der Waals surface area contributed by atoms with Crippen molar-refractivity contribution in [2.45, 2.75) is 19.7 Å². The van der Waals surface area contributed by atoms with Crippen LogP contribution in [-0.2, 0) is 12.8 Å². The van der Waals surface area contributed by atoms with Crippen LogP contribution in [0.25, 0.3) is 0 Å². The van der Waals surface area contributed by atoms with Crippen molar-refractivity contribution >= 4 is 0 Å². The van der Waals surface area contributed by atoms with E-state index in [9.17, 15) is 17.6 Å². The van der Waals surface area contributed by atoms with Crippen LogP contribution in [0.4, 0.5) is 17.6 Å². The van der Waals surface area contributed by atoms with E-state index in [4.69, 9.17) is 4.74 Å². The van der Waals surface area contributed by atoms with Crippen LogP contribution in [0.5, 0.6) is 5.75 Å². The van der Waals surface area contributed by atoms with Crippen LogP contribution in [0.3, 0.4) is 0 Å². The van der Waals surface area contributed by atoms with Crippen molar-refractivity contribution in [3.63, 3.8) is 0 Å². The Morgan fingerprint density at radius 2 is 1.65 bits per heavy atom. The van der Waals surface area contributed by atoms with Crippen LogP contribution < -0.4 is 4.74 Å². The van der Waals surface area contributed by atoms with Crippen LogP contribution in [0.2, 0.25) is 0 Å². The van der Waals surface area contributed by atoms with E-state index < -0.39 is 17.6 Å². The molecular formula is C15H12F4O. The number of hydrogen-bond donors (Lipinski definition) is 0. The molecular weight excluding hydrogens is 272 g/mol. The van der Waals surface area contributed by atoms with Gasteiger partial charge in [0.1, 0.15) is 18.2 Å². The third kappa shape index (κ3) is 3.50. The molecule has 0 bridgehead atoms. The van der Waals surface area contributed by atoms with Gasteiger partial charge in [0.05, 0.1) is 5.56 Å². The Hall–Kier alpha value is -2.04. The Bertz CT molecular complexity index is 588. The van der Waals surface area contributed by atoms with Gasteiger partial charge in [0.2, 0.25) is 0 Å². The van der Waals surface area contributed by atoms with Gasteiger partial charge < -0.3 is 4.74 Å². The lowest BCUT2D eigenvalue weighted by Gasteiger charge is -2.10. The highest BCUT2D eigenvalue weighted by atomic mass is 19.4. The molecule has 0 amide bonds. The zero-order valence-corrected chi connectivity index (χ0v) is 10.7. The van der Waals surface area contributed by atoms with Gasteiger partial charge in [-0.25, -0.2) is 4.39 Å². The highest BCUT2D eigenvalue weighted by Crippen LogP contribution is 2.29. The summed E-state index contributed by atoms with van der Waals surface area (Å²) in [6.07, 6.45) is -4.35. The second kappa shape index (κ2) is 5.53. The van der Waals surface area contributed by atoms with E-state index in [2.05, 4.69) is 0 Å². The summed E-state index contributed by atoms with van der Waals surface area (Å²) in [6, 6.07) is 8.83. The minimum absolute atomic E-state index is 0.0857. The highest BCUT2D eigenvalue weighted by molar-refractivity contribution is 5.33. The molecule has 1 nitrogen and oxygen atoms in total. The minimum Gasteiger partial charge on any atom is -0.489 e. The number of benzene rings is 2. The average Bonchev–Trinajstić information content (AvgIpc) is 2.39. The molecule has 2 aromatic rings. The predicted octanol–water partition coefficient (Wildman–Crippen LogP) is 4.73. The first-order valence-electron chi connectivity index (χ1n) is 5.91. The van der Waals surface area contributed by atoms with E-state index in [0.29, 0.717) is 11.3 Å². The van der Waals surface area contributed by atoms with Gasteiger partial charge in [0, 0.05) is 6.07 Å². The van der Waals surface area contributed by atoms with Crippen molar-refractivity contribution in [2.24, 2.45) is 0 Å². The Balaban J connectivity index is 2.06. The molecule has 0 aliphatic carbocycles. The molecule has 0 spiro atoms. The van der Waals surface area contributed by atoms with Gasteiger partial charge in [-0.1, -0.05) is 18.2 Å². The second-order valence-electron chi connectivity index (χ2n) is 4.39. The summed E-state index contributed by atoms with van der Waals surface area (Å²) in [7, 11) is 0. The molecule has 0 atom stereocenters. The number of halogens is 4. The quantitative estimate of drug-likeness (QED) is 0.740. The maximum atomic E-state index is 13.1. The molecule has 2 aromatic carbocycles. The van der Waals surface area contributed by atoms with Crippen molar-refractivity contribution in [3.8, 4) is 5.75 Å². The van der Waals surface area contributed by atoms with Crippen molar-refractivity contribution in [1.82, 2.24) is 0 Å². The molecule has 0 unspecified atom stereocenters. The van der Waals surface area contributed by atoms with Crippen molar-refractivity contribution in [1.29, 1.82) is 0 Å². The molecule has 0 heterocycles. The Kier molecular flexibility index (Phi) is 3.97. The first-order valence-corrected chi connectivity index (χ1v) is 5.91. The van der Waals surface area contributed by atoms with E-state index in [-0.39, 0.29) is 6.61 Å². The molecule has 20 heavy (non-hydrogen) atoms. The van der Waals surface area contributed by atoms with E-state index in [1.807, 2.05) is 0 Å². The largest absolute Gasteiger partial charge is 0.489 e. The van der Waals surface area contributed by atoms with Gasteiger partial charge in [0.25, 0.3) is 0 Å². The fourth-order valence-corrected chi connectivity index (χ4v) is 1.68. The standard InChI is InChI=1S/C15H12F4O/c1-10-2-7-13(16)8-14(10)20-9-11-3-5-12(6-4-11)15(17,18)19/h2-8H,9H2,1H3. The minimum atomic E-state index is -4.35. The monoisotopic (exact) mass is 284 g/mol.